The van der Waals surface area contributed by atoms with Crippen LogP contribution in [0.4, 0.5) is 5.82 Å². The van der Waals surface area contributed by atoms with Crippen molar-refractivity contribution in [2.24, 2.45) is 0 Å². The predicted molar refractivity (Wildman–Crippen MR) is 83.5 cm³/mol. The molecule has 0 aliphatic heterocycles. The van der Waals surface area contributed by atoms with Gasteiger partial charge in [-0.05, 0) is 42.6 Å². The minimum absolute atomic E-state index is 0.245. The molecule has 21 heavy (non-hydrogen) atoms. The number of anilines is 1. The van der Waals surface area contributed by atoms with E-state index < -0.39 is 0 Å². The van der Waals surface area contributed by atoms with Crippen LogP contribution in [0.25, 0.3) is 0 Å². The van der Waals surface area contributed by atoms with Gasteiger partial charge in [0.25, 0.3) is 0 Å². The Bertz CT molecular complexity index is 620. The first-order valence-corrected chi connectivity index (χ1v) is 6.95. The summed E-state index contributed by atoms with van der Waals surface area (Å²) in [6.45, 7) is 2.68. The third kappa shape index (κ3) is 3.98. The molecular formula is C15H18ClN3O2. The van der Waals surface area contributed by atoms with E-state index in [4.69, 9.17) is 21.1 Å². The molecule has 0 atom stereocenters. The Hall–Kier alpha value is -2.01. The molecule has 0 fully saturated rings. The van der Waals surface area contributed by atoms with E-state index in [1.807, 2.05) is 25.1 Å². The van der Waals surface area contributed by atoms with Gasteiger partial charge in [-0.3, -0.25) is 0 Å². The Kier molecular flexibility index (Phi) is 5.22. The maximum absolute atomic E-state index is 5.79. The first-order chi connectivity index (χ1) is 10.1. The van der Waals surface area contributed by atoms with Gasteiger partial charge in [-0.2, -0.15) is 0 Å². The number of rotatable bonds is 6. The molecule has 0 aliphatic rings. The fourth-order valence-corrected chi connectivity index (χ4v) is 2.09. The zero-order valence-corrected chi connectivity index (χ0v) is 13.1. The molecule has 0 unspecified atom stereocenters. The first kappa shape index (κ1) is 15.4. The second-order valence-electron chi connectivity index (χ2n) is 4.54. The summed E-state index contributed by atoms with van der Waals surface area (Å²) in [7, 11) is 3.26. The highest BCUT2D eigenvalue weighted by atomic mass is 35.5. The number of nitrogens with one attached hydrogen (secondary N) is 1. The Morgan fingerprint density at radius 2 is 1.95 bits per heavy atom. The summed E-state index contributed by atoms with van der Waals surface area (Å²) in [4.78, 5) is 8.09. The standard InChI is InChI=1S/C15H18ClN3O2/c1-10-9-18-15(16)19-14(10)17-7-6-11-4-5-12(20-2)13(8-11)21-3/h4-5,8-9H,6-7H2,1-3H3,(H,17,18,19). The van der Waals surface area contributed by atoms with Gasteiger partial charge in [0.15, 0.2) is 11.5 Å². The van der Waals surface area contributed by atoms with Crippen LogP contribution in [-0.2, 0) is 6.42 Å². The molecule has 0 aliphatic carbocycles. The number of hydrogen-bond donors (Lipinski definition) is 1. The van der Waals surface area contributed by atoms with Crippen LogP contribution in [0.3, 0.4) is 0 Å². The van der Waals surface area contributed by atoms with Crippen LogP contribution in [0, 0.1) is 6.92 Å². The lowest BCUT2D eigenvalue weighted by Gasteiger charge is -2.11. The van der Waals surface area contributed by atoms with Crippen LogP contribution < -0.4 is 14.8 Å². The van der Waals surface area contributed by atoms with Crippen molar-refractivity contribution >= 4 is 17.4 Å². The van der Waals surface area contributed by atoms with Gasteiger partial charge in [-0.15, -0.1) is 0 Å². The number of ether oxygens (including phenoxy) is 2. The summed E-state index contributed by atoms with van der Waals surface area (Å²) in [6, 6.07) is 5.89. The van der Waals surface area contributed by atoms with Crippen molar-refractivity contribution in [1.29, 1.82) is 0 Å². The topological polar surface area (TPSA) is 56.3 Å². The summed E-state index contributed by atoms with van der Waals surface area (Å²) in [6.07, 6.45) is 2.54. The van der Waals surface area contributed by atoms with Crippen molar-refractivity contribution in [2.75, 3.05) is 26.1 Å². The van der Waals surface area contributed by atoms with Crippen LogP contribution in [0.1, 0.15) is 11.1 Å². The smallest absolute Gasteiger partial charge is 0.224 e. The number of aryl methyl sites for hydroxylation is 1. The largest absolute Gasteiger partial charge is 0.493 e. The molecule has 2 rings (SSSR count). The minimum Gasteiger partial charge on any atom is -0.493 e. The van der Waals surface area contributed by atoms with E-state index in [-0.39, 0.29) is 5.28 Å². The van der Waals surface area contributed by atoms with Gasteiger partial charge in [0.1, 0.15) is 5.82 Å². The third-order valence-corrected chi connectivity index (χ3v) is 3.28. The number of hydrogen-bond acceptors (Lipinski definition) is 5. The number of nitrogens with zero attached hydrogens (tertiary/aromatic N) is 2. The van der Waals surface area contributed by atoms with Crippen molar-refractivity contribution in [1.82, 2.24) is 9.97 Å². The maximum atomic E-state index is 5.79. The summed E-state index contributed by atoms with van der Waals surface area (Å²) in [5, 5.41) is 3.51. The fourth-order valence-electron chi connectivity index (χ4n) is 1.96. The lowest BCUT2D eigenvalue weighted by Crippen LogP contribution is -2.08. The lowest BCUT2D eigenvalue weighted by atomic mass is 10.1. The van der Waals surface area contributed by atoms with Crippen molar-refractivity contribution in [3.63, 3.8) is 0 Å². The second kappa shape index (κ2) is 7.13. The molecule has 6 heteroatoms. The van der Waals surface area contributed by atoms with E-state index >= 15 is 0 Å². The van der Waals surface area contributed by atoms with Crippen LogP contribution in [0.15, 0.2) is 24.4 Å². The van der Waals surface area contributed by atoms with Crippen molar-refractivity contribution in [3.8, 4) is 11.5 Å². The SMILES string of the molecule is COc1ccc(CCNc2nc(Cl)ncc2C)cc1OC. The molecule has 1 aromatic carbocycles. The number of aromatic nitrogens is 2. The lowest BCUT2D eigenvalue weighted by molar-refractivity contribution is 0.354. The molecule has 112 valence electrons. The van der Waals surface area contributed by atoms with Gasteiger partial charge >= 0.3 is 0 Å². The molecule has 0 saturated heterocycles. The van der Waals surface area contributed by atoms with Crippen molar-refractivity contribution in [2.45, 2.75) is 13.3 Å². The second-order valence-corrected chi connectivity index (χ2v) is 4.87. The van der Waals surface area contributed by atoms with Gasteiger partial charge < -0.3 is 14.8 Å². The maximum Gasteiger partial charge on any atom is 0.224 e. The van der Waals surface area contributed by atoms with Gasteiger partial charge in [0.2, 0.25) is 5.28 Å². The van der Waals surface area contributed by atoms with Gasteiger partial charge in [0.05, 0.1) is 14.2 Å². The van der Waals surface area contributed by atoms with E-state index in [9.17, 15) is 0 Å². The van der Waals surface area contributed by atoms with Crippen LogP contribution in [-0.4, -0.2) is 30.7 Å². The molecule has 5 nitrogen and oxygen atoms in total. The molecule has 0 saturated carbocycles. The van der Waals surface area contributed by atoms with Crippen LogP contribution in [0.2, 0.25) is 5.28 Å². The average Bonchev–Trinajstić information content (AvgIpc) is 2.50. The van der Waals surface area contributed by atoms with E-state index in [2.05, 4.69) is 15.3 Å². The number of methoxy groups -OCH3 is 2. The molecule has 2 aromatic rings. The fraction of sp³-hybridized carbons (Fsp3) is 0.333. The third-order valence-electron chi connectivity index (χ3n) is 3.10. The normalized spacial score (nSPS) is 10.3. The summed E-state index contributed by atoms with van der Waals surface area (Å²) >= 11 is 5.79. The summed E-state index contributed by atoms with van der Waals surface area (Å²) in [5.74, 6) is 2.22. The van der Waals surface area contributed by atoms with E-state index in [1.165, 1.54) is 0 Å². The van der Waals surface area contributed by atoms with E-state index in [0.717, 1.165) is 41.4 Å². The molecule has 1 aromatic heterocycles. The van der Waals surface area contributed by atoms with E-state index in [1.54, 1.807) is 20.4 Å². The van der Waals surface area contributed by atoms with Crippen LogP contribution in [0.5, 0.6) is 11.5 Å². The molecule has 1 heterocycles. The molecular weight excluding hydrogens is 290 g/mol. The van der Waals surface area contributed by atoms with Gasteiger partial charge in [-0.1, -0.05) is 6.07 Å². The monoisotopic (exact) mass is 307 g/mol. The Morgan fingerprint density at radius 3 is 2.67 bits per heavy atom. The van der Waals surface area contributed by atoms with Crippen LogP contribution >= 0.6 is 11.6 Å². The van der Waals surface area contributed by atoms with Crippen molar-refractivity contribution < 1.29 is 9.47 Å². The average molecular weight is 308 g/mol. The predicted octanol–water partition coefficient (Wildman–Crippen LogP) is 3.11. The Balaban J connectivity index is 1.98. The van der Waals surface area contributed by atoms with Gasteiger partial charge in [-0.25, -0.2) is 9.97 Å². The number of benzene rings is 1. The molecule has 1 N–H and O–H groups in total. The zero-order valence-electron chi connectivity index (χ0n) is 12.3. The van der Waals surface area contributed by atoms with Gasteiger partial charge in [0, 0.05) is 18.3 Å². The molecule has 0 amide bonds. The summed E-state index contributed by atoms with van der Waals surface area (Å²) in [5.41, 5.74) is 2.12. The Labute approximate surface area is 129 Å². The highest BCUT2D eigenvalue weighted by molar-refractivity contribution is 6.28. The Morgan fingerprint density at radius 1 is 1.19 bits per heavy atom. The highest BCUT2D eigenvalue weighted by Crippen LogP contribution is 2.27. The van der Waals surface area contributed by atoms with E-state index in [0.29, 0.717) is 0 Å². The quantitative estimate of drug-likeness (QED) is 0.831. The molecule has 0 radical (unpaired) electrons. The summed E-state index contributed by atoms with van der Waals surface area (Å²) < 4.78 is 10.5. The van der Waals surface area contributed by atoms with Crippen molar-refractivity contribution in [3.05, 3.63) is 40.8 Å². The highest BCUT2D eigenvalue weighted by Gasteiger charge is 2.05. The molecule has 0 bridgehead atoms. The zero-order chi connectivity index (χ0) is 15.2. The molecule has 0 spiro atoms. The minimum atomic E-state index is 0.245. The number of halogens is 1. The first-order valence-electron chi connectivity index (χ1n) is 6.58.